The molecule has 678 valence electrons. The molecule has 12 aromatic heterocycles. The van der Waals surface area contributed by atoms with Gasteiger partial charge in [0.2, 0.25) is 35.3 Å². The monoisotopic (exact) mass is 1750 g/mol. The van der Waals surface area contributed by atoms with Crippen molar-refractivity contribution in [1.82, 2.24) is 69.6 Å². The second kappa shape index (κ2) is 72.2. The molecule has 1 N–H and O–H groups in total. The first kappa shape index (κ1) is 106. The maximum atomic E-state index is 8.37. The van der Waals surface area contributed by atoms with E-state index in [9.17, 15) is 0 Å². The number of aromatic nitrogens is 12. The Morgan fingerprint density at radius 1 is 0.341 bits per heavy atom. The van der Waals surface area contributed by atoms with Gasteiger partial charge in [-0.1, -0.05) is 99.3 Å². The number of ether oxygens (including phenoxy) is 9. The predicted molar refractivity (Wildman–Crippen MR) is 506 cm³/mol. The second-order valence-electron chi connectivity index (χ2n) is 27.1. The minimum atomic E-state index is 0. The van der Waals surface area contributed by atoms with Crippen LogP contribution in [0.5, 0.6) is 35.3 Å². The smallest absolute Gasteiger partial charge is 0.213 e. The SMILES string of the molecule is C.C.CC(C)Oc1ccccn1.CCOc1ccccn1.CN1CCN(c2ccccn2)CC1.COCCOc1ccccn1.COc1ccccn1.Clc1ccccn1.OCCOc1ccccn1.c1ccc(N2CCCC2)nc1.c1ccc(N2CCCCC2)nc1.c1ccc(N2CCOCC2)nc1.c1ccc(OCCN2CCOCC2)nc1.c1ccncc1. The van der Waals surface area contributed by atoms with E-state index in [1.165, 1.54) is 58.3 Å². The predicted octanol–water partition coefficient (Wildman–Crippen LogP) is 16.4. The Hall–Kier alpha value is -12.2. The highest BCUT2D eigenvalue weighted by molar-refractivity contribution is 6.29. The lowest BCUT2D eigenvalue weighted by Gasteiger charge is -2.33. The third kappa shape index (κ3) is 51.8. The number of likely N-dealkylation sites (N-methyl/N-ethyl adjacent to an activating group) is 1. The van der Waals surface area contributed by atoms with Crippen LogP contribution in [0.25, 0.3) is 0 Å². The average molecular weight is 1750 g/mol. The number of rotatable bonds is 20. The molecule has 0 aromatic carbocycles. The lowest BCUT2D eigenvalue weighted by molar-refractivity contribution is 0.0320. The Bertz CT molecular complexity index is 4230. The lowest BCUT2D eigenvalue weighted by Crippen LogP contribution is -2.44. The first-order valence-electron chi connectivity index (χ1n) is 42.0. The van der Waals surface area contributed by atoms with Gasteiger partial charge in [-0.05, 0) is 169 Å². The van der Waals surface area contributed by atoms with Crippen molar-refractivity contribution in [3.63, 3.8) is 0 Å². The van der Waals surface area contributed by atoms with Gasteiger partial charge in [-0.2, -0.15) is 0 Å². The maximum Gasteiger partial charge on any atom is 0.213 e. The molecular formula is C97H133ClN18O10. The molecule has 0 atom stereocenters. The van der Waals surface area contributed by atoms with E-state index in [0.717, 1.165) is 109 Å². The summed E-state index contributed by atoms with van der Waals surface area (Å²) in [4.78, 5) is 62.5. The number of nitrogens with zero attached hydrogens (tertiary/aromatic N) is 18. The Kier molecular flexibility index (Phi) is 60.8. The fourth-order valence-corrected chi connectivity index (χ4v) is 11.3. The van der Waals surface area contributed by atoms with Crippen LogP contribution in [0.4, 0.5) is 23.3 Å². The summed E-state index contributed by atoms with van der Waals surface area (Å²) in [7, 11) is 5.40. The summed E-state index contributed by atoms with van der Waals surface area (Å²) < 4.78 is 46.3. The summed E-state index contributed by atoms with van der Waals surface area (Å²) in [5, 5.41) is 8.92. The zero-order chi connectivity index (χ0) is 87.7. The molecule has 5 fully saturated rings. The first-order valence-corrected chi connectivity index (χ1v) is 42.4. The normalized spacial score (nSPS) is 13.4. The molecule has 0 saturated carbocycles. The number of piperidine rings is 1. The number of hydrogen-bond donors (Lipinski definition) is 1. The number of aliphatic hydroxyl groups is 1. The molecule has 0 amide bonds. The van der Waals surface area contributed by atoms with E-state index >= 15 is 0 Å². The minimum absolute atomic E-state index is 0. The quantitative estimate of drug-likeness (QED) is 0.0548. The maximum absolute atomic E-state index is 8.37. The van der Waals surface area contributed by atoms with E-state index in [1.54, 1.807) is 88.2 Å². The summed E-state index contributed by atoms with van der Waals surface area (Å²) in [5.41, 5.74) is 0. The molecule has 0 spiro atoms. The van der Waals surface area contributed by atoms with Crippen LogP contribution in [-0.2, 0) is 14.2 Å². The van der Waals surface area contributed by atoms with Gasteiger partial charge in [0.1, 0.15) is 48.2 Å². The van der Waals surface area contributed by atoms with Gasteiger partial charge in [0, 0.05) is 209 Å². The Balaban J connectivity index is 0.000000289. The summed E-state index contributed by atoms with van der Waals surface area (Å²) in [6, 6.07) is 68.7. The highest BCUT2D eigenvalue weighted by atomic mass is 35.5. The summed E-state index contributed by atoms with van der Waals surface area (Å²) in [6.45, 7) is 26.1. The van der Waals surface area contributed by atoms with Crippen molar-refractivity contribution >= 4 is 34.9 Å². The van der Waals surface area contributed by atoms with Gasteiger partial charge in [-0.3, -0.25) is 9.88 Å². The van der Waals surface area contributed by atoms with Crippen LogP contribution < -0.4 is 48.0 Å². The zero-order valence-electron chi connectivity index (χ0n) is 72.7. The van der Waals surface area contributed by atoms with E-state index in [1.807, 2.05) is 221 Å². The van der Waals surface area contributed by atoms with E-state index in [0.29, 0.717) is 73.5 Å². The number of methoxy groups -OCH3 is 2. The number of hydrogen-bond acceptors (Lipinski definition) is 28. The van der Waals surface area contributed by atoms with E-state index < -0.39 is 0 Å². The second-order valence-corrected chi connectivity index (χ2v) is 27.5. The van der Waals surface area contributed by atoms with Gasteiger partial charge < -0.3 is 72.2 Å². The molecule has 0 unspecified atom stereocenters. The zero-order valence-corrected chi connectivity index (χ0v) is 73.5. The van der Waals surface area contributed by atoms with Crippen molar-refractivity contribution in [1.29, 1.82) is 0 Å². The third-order valence-corrected chi connectivity index (χ3v) is 17.6. The molecular weight excluding hydrogens is 1610 g/mol. The highest BCUT2D eigenvalue weighted by Gasteiger charge is 2.16. The van der Waals surface area contributed by atoms with Crippen molar-refractivity contribution in [3.05, 3.63) is 304 Å². The summed E-state index contributed by atoms with van der Waals surface area (Å²) >= 11 is 5.43. The van der Waals surface area contributed by atoms with Gasteiger partial charge in [0.25, 0.3) is 0 Å². The van der Waals surface area contributed by atoms with Gasteiger partial charge >= 0.3 is 0 Å². The van der Waals surface area contributed by atoms with Crippen LogP contribution in [0, 0.1) is 0 Å². The van der Waals surface area contributed by atoms with Crippen LogP contribution in [0.2, 0.25) is 5.15 Å². The summed E-state index contributed by atoms with van der Waals surface area (Å²) in [5.74, 6) is 8.37. The van der Waals surface area contributed by atoms with E-state index in [4.69, 9.17) is 59.3 Å². The molecule has 17 rings (SSSR count). The fourth-order valence-electron chi connectivity index (χ4n) is 11.2. The minimum Gasteiger partial charge on any atom is -0.481 e. The topological polar surface area (TPSA) is 277 Å². The molecule has 12 aromatic rings. The van der Waals surface area contributed by atoms with Gasteiger partial charge in [-0.15, -0.1) is 0 Å². The molecule has 126 heavy (non-hydrogen) atoms. The number of halogens is 1. The molecule has 0 aliphatic carbocycles. The fraction of sp³-hybridized carbons (Fsp3) is 0.381. The Morgan fingerprint density at radius 2 is 0.675 bits per heavy atom. The lowest BCUT2D eigenvalue weighted by atomic mass is 10.1. The van der Waals surface area contributed by atoms with Crippen molar-refractivity contribution in [2.24, 2.45) is 0 Å². The molecule has 17 heterocycles. The largest absolute Gasteiger partial charge is 0.481 e. The van der Waals surface area contributed by atoms with Crippen molar-refractivity contribution in [2.75, 3.05) is 192 Å². The molecule has 0 bridgehead atoms. The van der Waals surface area contributed by atoms with Crippen LogP contribution in [0.15, 0.2) is 299 Å². The Morgan fingerprint density at radius 3 is 0.984 bits per heavy atom. The average Bonchev–Trinajstić information content (AvgIpc) is 1.88. The molecule has 5 saturated heterocycles. The molecule has 29 heteroatoms. The number of aliphatic hydroxyl groups excluding tert-OH is 1. The van der Waals surface area contributed by atoms with Gasteiger partial charge in [-0.25, -0.2) is 54.8 Å². The summed E-state index contributed by atoms with van der Waals surface area (Å²) in [6.07, 6.45) is 29.6. The van der Waals surface area contributed by atoms with Crippen molar-refractivity contribution < 1.29 is 47.7 Å². The standard InChI is InChI=1S/C11H16N2O2.C10H15N3.C10H14N2.C9H12N2O.C9H12N2.C8H11NO2.C8H11NO.C7H9NO2.C7H9NO.C6H7NO.C5H4ClN.C5H5N.2CH4/c1-2-4-12-11(3-1)15-10-7-13-5-8-14-9-6-13;1-12-6-8-13(9-7-12)10-4-2-3-5-11-10;1-4-8-12(9-5-1)10-6-2-3-7-11-10;1-2-4-10-9(3-1)11-5-7-12-8-6-11;1-2-6-10-9(5-1)11-7-3-4-8-11;1-10-6-7-11-8-4-2-3-5-9-8;1-7(2)10-8-5-3-4-6-9-8;9-5-6-10-7-3-1-2-4-8-7;1-2-9-7-5-3-4-6-8-7;1-8-6-4-2-3-5-7-6;6-5-3-1-2-4-7-5;1-2-4-6-5-3-1;;/h1-4H,5-10H2;2-5H,6-9H2,1H3;2-3,6-7H,1,4-5,8-9H2;1-4H,5-8H2;1-2,5-6H,3-4,7-8H2;2-5H,6-7H2,1H3;3-7H,1-2H3;1-4,9H,5-6H2;3-6H,2H2,1H3;2-5H,1H3;1-4H;1-5H;2*1H4. The van der Waals surface area contributed by atoms with E-state index in [-0.39, 0.29) is 27.6 Å². The third-order valence-electron chi connectivity index (χ3n) is 17.4. The molecule has 5 aliphatic rings. The number of morpholine rings is 2. The Labute approximate surface area is 753 Å². The van der Waals surface area contributed by atoms with Crippen LogP contribution >= 0.6 is 11.6 Å². The van der Waals surface area contributed by atoms with Gasteiger partial charge in [0.05, 0.1) is 59.5 Å². The molecule has 28 nitrogen and oxygen atoms in total. The first-order chi connectivity index (χ1) is 61.1. The number of pyridine rings is 12. The van der Waals surface area contributed by atoms with Gasteiger partial charge in [0.15, 0.2) is 0 Å². The van der Waals surface area contributed by atoms with Crippen LogP contribution in [-0.4, -0.2) is 253 Å². The van der Waals surface area contributed by atoms with Crippen LogP contribution in [0.1, 0.15) is 67.7 Å². The van der Waals surface area contributed by atoms with E-state index in [2.05, 4.69) is 121 Å². The molecule has 0 radical (unpaired) electrons. The van der Waals surface area contributed by atoms with Crippen LogP contribution in [0.3, 0.4) is 0 Å². The number of piperazine rings is 1. The van der Waals surface area contributed by atoms with Crippen molar-refractivity contribution in [2.45, 2.75) is 73.8 Å². The molecule has 5 aliphatic heterocycles. The van der Waals surface area contributed by atoms with Crippen molar-refractivity contribution in [3.8, 4) is 35.3 Å². The highest BCUT2D eigenvalue weighted by Crippen LogP contribution is 2.19. The number of anilines is 4.